The number of allylic oxidation sites excluding steroid dienone is 6. The largest absolute Gasteiger partial charge is 0.469 e. The Kier molecular flexibility index (Phi) is 36.7. The van der Waals surface area contributed by atoms with Gasteiger partial charge in [-0.25, -0.2) is 4.57 Å². The van der Waals surface area contributed by atoms with E-state index in [0.717, 1.165) is 70.6 Å². The van der Waals surface area contributed by atoms with Crippen molar-refractivity contribution in [2.75, 3.05) is 13.2 Å². The van der Waals surface area contributed by atoms with Crippen molar-refractivity contribution in [3.05, 3.63) is 36.5 Å². The summed E-state index contributed by atoms with van der Waals surface area (Å²) in [4.78, 5) is 42.8. The molecule has 9 heteroatoms. The Bertz CT molecular complexity index is 926. The van der Waals surface area contributed by atoms with Crippen LogP contribution in [0.25, 0.3) is 0 Å². The Morgan fingerprint density at radius 1 is 0.529 bits per heavy atom. The summed E-state index contributed by atoms with van der Waals surface area (Å²) >= 11 is 0. The van der Waals surface area contributed by atoms with E-state index < -0.39 is 32.5 Å². The summed E-state index contributed by atoms with van der Waals surface area (Å²) in [5, 5.41) is 0. The van der Waals surface area contributed by atoms with Crippen molar-refractivity contribution in [2.45, 2.75) is 206 Å². The van der Waals surface area contributed by atoms with Gasteiger partial charge in [-0.3, -0.25) is 14.1 Å². The Morgan fingerprint density at radius 3 is 1.41 bits per heavy atom. The van der Waals surface area contributed by atoms with E-state index in [9.17, 15) is 14.2 Å². The van der Waals surface area contributed by atoms with Gasteiger partial charge >= 0.3 is 19.8 Å². The standard InChI is InChI=1S/C42H77O8P/c1-3-5-7-9-11-13-15-17-19-20-21-23-24-26-28-30-32-34-36-41(43)48-38-40(39-49-51(45,46)47)50-42(44)37-35-33-31-29-27-25-22-18-16-14-12-10-8-6-4-2/h6,8,12,14,18,22,40H,3-5,7,9-11,13,15-17,19-21,23-39H2,1-2H3,(H2,45,46,47)/b8-6-,14-12-,22-18-/t40-/m1/s1. The fourth-order valence-electron chi connectivity index (χ4n) is 5.86. The minimum Gasteiger partial charge on any atom is -0.462 e. The van der Waals surface area contributed by atoms with E-state index in [1.165, 1.54) is 96.3 Å². The van der Waals surface area contributed by atoms with Crippen LogP contribution in [0.5, 0.6) is 0 Å². The van der Waals surface area contributed by atoms with Gasteiger partial charge in [0.1, 0.15) is 6.61 Å². The number of unbranched alkanes of at least 4 members (excludes halogenated alkanes) is 22. The van der Waals surface area contributed by atoms with Crippen molar-refractivity contribution in [2.24, 2.45) is 0 Å². The van der Waals surface area contributed by atoms with Gasteiger partial charge in [-0.2, -0.15) is 0 Å². The molecule has 1 atom stereocenters. The number of esters is 2. The van der Waals surface area contributed by atoms with Crippen molar-refractivity contribution in [3.63, 3.8) is 0 Å². The Morgan fingerprint density at radius 2 is 0.941 bits per heavy atom. The number of ether oxygens (including phenoxy) is 2. The van der Waals surface area contributed by atoms with E-state index in [1.54, 1.807) is 0 Å². The van der Waals surface area contributed by atoms with Crippen molar-refractivity contribution in [1.82, 2.24) is 0 Å². The van der Waals surface area contributed by atoms with Crippen LogP contribution in [0, 0.1) is 0 Å². The van der Waals surface area contributed by atoms with E-state index in [-0.39, 0.29) is 19.4 Å². The van der Waals surface area contributed by atoms with Gasteiger partial charge in [0.15, 0.2) is 6.10 Å². The van der Waals surface area contributed by atoms with Gasteiger partial charge in [0.25, 0.3) is 0 Å². The summed E-state index contributed by atoms with van der Waals surface area (Å²) in [6.07, 6.45) is 44.4. The van der Waals surface area contributed by atoms with Gasteiger partial charge in [0.05, 0.1) is 6.61 Å². The summed E-state index contributed by atoms with van der Waals surface area (Å²) in [5.41, 5.74) is 0. The molecule has 0 rings (SSSR count). The van der Waals surface area contributed by atoms with Gasteiger partial charge < -0.3 is 19.3 Å². The highest BCUT2D eigenvalue weighted by Gasteiger charge is 2.22. The average molecular weight is 741 g/mol. The van der Waals surface area contributed by atoms with Crippen molar-refractivity contribution in [1.29, 1.82) is 0 Å². The van der Waals surface area contributed by atoms with Crippen LogP contribution in [-0.4, -0.2) is 41.0 Å². The lowest BCUT2D eigenvalue weighted by Gasteiger charge is -2.18. The smallest absolute Gasteiger partial charge is 0.462 e. The zero-order valence-electron chi connectivity index (χ0n) is 32.8. The molecule has 0 saturated heterocycles. The molecule has 51 heavy (non-hydrogen) atoms. The first-order valence-electron chi connectivity index (χ1n) is 20.8. The number of carbonyl (C=O) groups excluding carboxylic acids is 2. The second kappa shape index (κ2) is 38.0. The van der Waals surface area contributed by atoms with Crippen LogP contribution < -0.4 is 0 Å². The minimum atomic E-state index is -4.76. The average Bonchev–Trinajstić information content (AvgIpc) is 3.10. The molecule has 0 unspecified atom stereocenters. The second-order valence-electron chi connectivity index (χ2n) is 13.9. The molecular weight excluding hydrogens is 663 g/mol. The highest BCUT2D eigenvalue weighted by molar-refractivity contribution is 7.46. The number of hydrogen-bond acceptors (Lipinski definition) is 6. The maximum atomic E-state index is 12.4. The first-order valence-corrected chi connectivity index (χ1v) is 22.3. The summed E-state index contributed by atoms with van der Waals surface area (Å²) in [7, 11) is -4.76. The lowest BCUT2D eigenvalue weighted by molar-refractivity contribution is -0.161. The molecule has 0 saturated carbocycles. The van der Waals surface area contributed by atoms with Gasteiger partial charge in [-0.1, -0.05) is 179 Å². The van der Waals surface area contributed by atoms with Crippen molar-refractivity contribution >= 4 is 19.8 Å². The van der Waals surface area contributed by atoms with Gasteiger partial charge in [-0.15, -0.1) is 0 Å². The number of phosphoric acid groups is 1. The Hall–Kier alpha value is -1.73. The third-order valence-corrected chi connectivity index (χ3v) is 9.41. The fraction of sp³-hybridized carbons (Fsp3) is 0.810. The SMILES string of the molecule is CC/C=C\C/C=C\C/C=C\CCCCCCCC(=O)O[C@H](COC(=O)CCCCCCCCCCCCCCCCCCCC)COP(=O)(O)O. The summed E-state index contributed by atoms with van der Waals surface area (Å²) < 4.78 is 26.4. The number of phosphoric ester groups is 1. The molecule has 0 aliphatic rings. The quantitative estimate of drug-likeness (QED) is 0.0278. The second-order valence-corrected chi connectivity index (χ2v) is 15.2. The molecule has 0 aromatic rings. The monoisotopic (exact) mass is 741 g/mol. The number of rotatable bonds is 38. The molecule has 0 heterocycles. The predicted molar refractivity (Wildman–Crippen MR) is 211 cm³/mol. The molecule has 0 aliphatic carbocycles. The third kappa shape index (κ3) is 40.9. The van der Waals surface area contributed by atoms with Crippen LogP contribution in [0.4, 0.5) is 0 Å². The highest BCUT2D eigenvalue weighted by Crippen LogP contribution is 2.36. The zero-order chi connectivity index (χ0) is 37.5. The molecular formula is C42H77O8P. The summed E-state index contributed by atoms with van der Waals surface area (Å²) in [5.74, 6) is -0.898. The van der Waals surface area contributed by atoms with Gasteiger partial charge in [0, 0.05) is 12.8 Å². The predicted octanol–water partition coefficient (Wildman–Crippen LogP) is 12.6. The van der Waals surface area contributed by atoms with Crippen molar-refractivity contribution in [3.8, 4) is 0 Å². The first-order chi connectivity index (χ1) is 24.8. The van der Waals surface area contributed by atoms with E-state index in [0.29, 0.717) is 6.42 Å². The normalized spacial score (nSPS) is 12.8. The van der Waals surface area contributed by atoms with Crippen LogP contribution in [0.3, 0.4) is 0 Å². The van der Waals surface area contributed by atoms with Crippen LogP contribution in [-0.2, 0) is 28.2 Å². The Labute approximate surface area is 312 Å². The highest BCUT2D eigenvalue weighted by atomic mass is 31.2. The van der Waals surface area contributed by atoms with E-state index in [4.69, 9.17) is 19.3 Å². The van der Waals surface area contributed by atoms with Crippen LogP contribution in [0.2, 0.25) is 0 Å². The molecule has 0 fully saturated rings. The van der Waals surface area contributed by atoms with Gasteiger partial charge in [0.2, 0.25) is 0 Å². The maximum absolute atomic E-state index is 12.4. The molecule has 2 N–H and O–H groups in total. The molecule has 0 spiro atoms. The first kappa shape index (κ1) is 49.3. The van der Waals surface area contributed by atoms with E-state index in [1.807, 2.05) is 0 Å². The molecule has 0 aliphatic heterocycles. The summed E-state index contributed by atoms with van der Waals surface area (Å²) in [6, 6.07) is 0. The lowest BCUT2D eigenvalue weighted by Crippen LogP contribution is -2.29. The number of carbonyl (C=O) groups is 2. The van der Waals surface area contributed by atoms with E-state index in [2.05, 4.69) is 54.8 Å². The molecule has 0 bridgehead atoms. The fourth-order valence-corrected chi connectivity index (χ4v) is 6.22. The molecule has 0 amide bonds. The number of hydrogen-bond donors (Lipinski definition) is 2. The molecule has 8 nitrogen and oxygen atoms in total. The topological polar surface area (TPSA) is 119 Å². The van der Waals surface area contributed by atoms with Crippen molar-refractivity contribution < 1.29 is 37.9 Å². The minimum absolute atomic E-state index is 0.194. The van der Waals surface area contributed by atoms with E-state index >= 15 is 0 Å². The third-order valence-electron chi connectivity index (χ3n) is 8.92. The van der Waals surface area contributed by atoms with Gasteiger partial charge in [-0.05, 0) is 44.9 Å². The van der Waals surface area contributed by atoms with Crippen LogP contribution >= 0.6 is 7.82 Å². The Balaban J connectivity index is 3.91. The molecule has 0 aromatic heterocycles. The van der Waals surface area contributed by atoms with Crippen LogP contribution in [0.15, 0.2) is 36.5 Å². The van der Waals surface area contributed by atoms with Crippen LogP contribution in [0.1, 0.15) is 200 Å². The summed E-state index contributed by atoms with van der Waals surface area (Å²) in [6.45, 7) is 3.57. The molecule has 0 radical (unpaired) electrons. The molecule has 0 aromatic carbocycles. The lowest BCUT2D eigenvalue weighted by atomic mass is 10.0. The maximum Gasteiger partial charge on any atom is 0.469 e. The molecule has 298 valence electrons. The zero-order valence-corrected chi connectivity index (χ0v) is 33.6.